The van der Waals surface area contributed by atoms with Crippen LogP contribution in [-0.4, -0.2) is 30.8 Å². The molecule has 3 rings (SSSR count). The Morgan fingerprint density at radius 1 is 1.12 bits per heavy atom. The van der Waals surface area contributed by atoms with Crippen molar-refractivity contribution in [3.63, 3.8) is 0 Å². The van der Waals surface area contributed by atoms with Crippen LogP contribution in [0.15, 0.2) is 53.0 Å². The van der Waals surface area contributed by atoms with Crippen LogP contribution in [0.3, 0.4) is 0 Å². The van der Waals surface area contributed by atoms with Gasteiger partial charge in [-0.25, -0.2) is 0 Å². The van der Waals surface area contributed by atoms with Crippen molar-refractivity contribution in [2.24, 2.45) is 5.92 Å². The van der Waals surface area contributed by atoms with Crippen molar-refractivity contribution >= 4 is 50.9 Å². The van der Waals surface area contributed by atoms with Gasteiger partial charge in [0.1, 0.15) is 0 Å². The van der Waals surface area contributed by atoms with E-state index in [1.807, 2.05) is 0 Å². The number of nitrogens with zero attached hydrogens (tertiary/aromatic N) is 1. The predicted molar refractivity (Wildman–Crippen MR) is 101 cm³/mol. The lowest BCUT2D eigenvalue weighted by Crippen LogP contribution is -2.27. The van der Waals surface area contributed by atoms with E-state index in [1.54, 1.807) is 48.5 Å². The summed E-state index contributed by atoms with van der Waals surface area (Å²) in [4.78, 5) is 38.0. The van der Waals surface area contributed by atoms with Crippen LogP contribution < -0.4 is 4.90 Å². The number of carbonyl (C=O) groups excluding carboxylic acids is 3. The minimum atomic E-state index is -0.587. The summed E-state index contributed by atoms with van der Waals surface area (Å²) in [5.74, 6) is -1.57. The lowest BCUT2D eigenvalue weighted by Gasteiger charge is -2.16. The number of esters is 1. The van der Waals surface area contributed by atoms with Crippen LogP contribution in [0.25, 0.3) is 0 Å². The fourth-order valence-corrected chi connectivity index (χ4v) is 3.10. The Balaban J connectivity index is 1.57. The van der Waals surface area contributed by atoms with Gasteiger partial charge in [0.2, 0.25) is 5.91 Å². The number of rotatable bonds is 5. The number of benzene rings is 2. The number of carbonyl (C=O) groups is 3. The summed E-state index contributed by atoms with van der Waals surface area (Å²) in [5.41, 5.74) is 1.15. The maximum atomic E-state index is 12.2. The van der Waals surface area contributed by atoms with Crippen molar-refractivity contribution in [2.75, 3.05) is 18.1 Å². The highest BCUT2D eigenvalue weighted by atomic mass is 79.9. The van der Waals surface area contributed by atoms with Gasteiger partial charge in [-0.15, -0.1) is 0 Å². The molecule has 0 aliphatic carbocycles. The molecule has 2 aromatic carbocycles. The third-order valence-corrected chi connectivity index (χ3v) is 4.89. The standard InChI is InChI=1S/C19H15BrClNO4/c20-14-3-1-12(2-4-14)17(23)11-26-19(25)13-9-18(24)22(10-13)16-7-5-15(21)6-8-16/h1-8,13H,9-11H2/t13-/m0/s1. The lowest BCUT2D eigenvalue weighted by atomic mass is 10.1. The molecule has 1 aliphatic rings. The monoisotopic (exact) mass is 435 g/mol. The Morgan fingerprint density at radius 3 is 2.42 bits per heavy atom. The summed E-state index contributed by atoms with van der Waals surface area (Å²) >= 11 is 9.15. The number of anilines is 1. The van der Waals surface area contributed by atoms with Crippen molar-refractivity contribution in [3.8, 4) is 0 Å². The quantitative estimate of drug-likeness (QED) is 0.527. The van der Waals surface area contributed by atoms with Gasteiger partial charge in [0.05, 0.1) is 5.92 Å². The second kappa shape index (κ2) is 8.01. The summed E-state index contributed by atoms with van der Waals surface area (Å²) in [7, 11) is 0. The average Bonchev–Trinajstić information content (AvgIpc) is 3.02. The first-order valence-electron chi connectivity index (χ1n) is 7.95. The molecule has 0 N–H and O–H groups in total. The van der Waals surface area contributed by atoms with E-state index in [2.05, 4.69) is 15.9 Å². The van der Waals surface area contributed by atoms with Gasteiger partial charge < -0.3 is 9.64 Å². The molecule has 134 valence electrons. The molecular weight excluding hydrogens is 422 g/mol. The highest BCUT2D eigenvalue weighted by Crippen LogP contribution is 2.27. The number of Topliss-reactive ketones (excluding diaryl/α,β-unsaturated/α-hetero) is 1. The number of hydrogen-bond acceptors (Lipinski definition) is 4. The Labute approximate surface area is 164 Å². The summed E-state index contributed by atoms with van der Waals surface area (Å²) in [6.45, 7) is -0.113. The van der Waals surface area contributed by atoms with Crippen molar-refractivity contribution in [3.05, 3.63) is 63.6 Å². The van der Waals surface area contributed by atoms with Gasteiger partial charge in [-0.3, -0.25) is 14.4 Å². The summed E-state index contributed by atoms with van der Waals surface area (Å²) in [6.07, 6.45) is 0.0634. The summed E-state index contributed by atoms with van der Waals surface area (Å²) in [5, 5.41) is 0.572. The third kappa shape index (κ3) is 4.31. The molecule has 0 spiro atoms. The second-order valence-corrected chi connectivity index (χ2v) is 7.27. The molecule has 0 radical (unpaired) electrons. The van der Waals surface area contributed by atoms with Crippen molar-refractivity contribution < 1.29 is 19.1 Å². The molecule has 1 aliphatic heterocycles. The fourth-order valence-electron chi connectivity index (χ4n) is 2.71. The van der Waals surface area contributed by atoms with E-state index in [9.17, 15) is 14.4 Å². The van der Waals surface area contributed by atoms with Gasteiger partial charge in [0.25, 0.3) is 0 Å². The molecule has 0 saturated carbocycles. The molecule has 26 heavy (non-hydrogen) atoms. The van der Waals surface area contributed by atoms with Crippen LogP contribution in [-0.2, 0) is 14.3 Å². The van der Waals surface area contributed by atoms with Gasteiger partial charge in [0.15, 0.2) is 12.4 Å². The Morgan fingerprint density at radius 2 is 1.77 bits per heavy atom. The van der Waals surface area contributed by atoms with Gasteiger partial charge in [0, 0.05) is 33.7 Å². The van der Waals surface area contributed by atoms with Gasteiger partial charge in [-0.2, -0.15) is 0 Å². The lowest BCUT2D eigenvalue weighted by molar-refractivity contribution is -0.147. The van der Waals surface area contributed by atoms with Gasteiger partial charge in [-0.05, 0) is 36.4 Å². The zero-order valence-corrected chi connectivity index (χ0v) is 16.0. The average molecular weight is 437 g/mol. The SMILES string of the molecule is O=C(COC(=O)[C@H]1CC(=O)N(c2ccc(Cl)cc2)C1)c1ccc(Br)cc1. The minimum absolute atomic E-state index is 0.0634. The van der Waals surface area contributed by atoms with E-state index in [0.29, 0.717) is 16.3 Å². The van der Waals surface area contributed by atoms with E-state index in [1.165, 1.54) is 4.90 Å². The van der Waals surface area contributed by atoms with E-state index in [4.69, 9.17) is 16.3 Å². The van der Waals surface area contributed by atoms with Crippen molar-refractivity contribution in [1.82, 2.24) is 0 Å². The smallest absolute Gasteiger partial charge is 0.311 e. The van der Waals surface area contributed by atoms with E-state index in [-0.39, 0.29) is 31.3 Å². The Hall–Kier alpha value is -2.18. The van der Waals surface area contributed by atoms with Crippen molar-refractivity contribution in [2.45, 2.75) is 6.42 Å². The minimum Gasteiger partial charge on any atom is -0.457 e. The zero-order valence-electron chi connectivity index (χ0n) is 13.7. The number of hydrogen-bond donors (Lipinski definition) is 0. The van der Waals surface area contributed by atoms with Crippen LogP contribution in [0, 0.1) is 5.92 Å². The molecule has 0 bridgehead atoms. The molecule has 7 heteroatoms. The van der Waals surface area contributed by atoms with Gasteiger partial charge in [-0.1, -0.05) is 39.7 Å². The van der Waals surface area contributed by atoms with Crippen LogP contribution in [0.1, 0.15) is 16.8 Å². The molecule has 0 unspecified atom stereocenters. The third-order valence-electron chi connectivity index (χ3n) is 4.11. The summed E-state index contributed by atoms with van der Waals surface area (Å²) < 4.78 is 5.98. The van der Waals surface area contributed by atoms with E-state index < -0.39 is 11.9 Å². The van der Waals surface area contributed by atoms with Gasteiger partial charge >= 0.3 is 5.97 Å². The number of ketones is 1. The second-order valence-electron chi connectivity index (χ2n) is 5.92. The number of ether oxygens (including phenoxy) is 1. The molecule has 1 amide bonds. The molecule has 5 nitrogen and oxygen atoms in total. The molecule has 1 saturated heterocycles. The normalized spacial score (nSPS) is 16.6. The molecule has 0 aromatic heterocycles. The number of halogens is 2. The maximum absolute atomic E-state index is 12.2. The molecule has 1 fully saturated rings. The first-order chi connectivity index (χ1) is 12.4. The molecule has 2 aromatic rings. The predicted octanol–water partition coefficient (Wildman–Crippen LogP) is 3.88. The molecule has 1 heterocycles. The fraction of sp³-hybridized carbons (Fsp3) is 0.211. The Kier molecular flexibility index (Phi) is 5.74. The Bertz CT molecular complexity index is 836. The topological polar surface area (TPSA) is 63.7 Å². The van der Waals surface area contributed by atoms with Crippen LogP contribution >= 0.6 is 27.5 Å². The van der Waals surface area contributed by atoms with E-state index in [0.717, 1.165) is 4.47 Å². The largest absolute Gasteiger partial charge is 0.457 e. The van der Waals surface area contributed by atoms with E-state index >= 15 is 0 Å². The zero-order chi connectivity index (χ0) is 18.7. The van der Waals surface area contributed by atoms with Crippen LogP contribution in [0.2, 0.25) is 5.02 Å². The molecular formula is C19H15BrClNO4. The highest BCUT2D eigenvalue weighted by molar-refractivity contribution is 9.10. The number of amides is 1. The summed E-state index contributed by atoms with van der Waals surface area (Å²) in [6, 6.07) is 13.6. The van der Waals surface area contributed by atoms with Crippen LogP contribution in [0.5, 0.6) is 0 Å². The first-order valence-corrected chi connectivity index (χ1v) is 9.12. The van der Waals surface area contributed by atoms with Crippen molar-refractivity contribution in [1.29, 1.82) is 0 Å². The highest BCUT2D eigenvalue weighted by Gasteiger charge is 2.36. The first kappa shape index (κ1) is 18.6. The maximum Gasteiger partial charge on any atom is 0.311 e. The molecule has 1 atom stereocenters. The van der Waals surface area contributed by atoms with Crippen LogP contribution in [0.4, 0.5) is 5.69 Å².